The van der Waals surface area contributed by atoms with Crippen molar-refractivity contribution in [2.24, 2.45) is 5.10 Å². The Morgan fingerprint density at radius 1 is 1.21 bits per heavy atom. The number of rotatable bonds is 7. The number of ether oxygens (including phenoxy) is 1. The summed E-state index contributed by atoms with van der Waals surface area (Å²) in [5.41, 5.74) is 3.80. The summed E-state index contributed by atoms with van der Waals surface area (Å²) in [4.78, 5) is 14.4. The average molecular weight is 524 g/mol. The Labute approximate surface area is 182 Å². The van der Waals surface area contributed by atoms with Gasteiger partial charge in [0.2, 0.25) is 5.82 Å². The first-order chi connectivity index (χ1) is 13.9. The first-order valence-corrected chi connectivity index (χ1v) is 9.77. The number of nitro groups is 1. The molecule has 2 aromatic carbocycles. The SMILES string of the molecule is O=[N+]([O-])c1cccnc1N/N=C\c1cc(Br)c(OCc2cccc(F)c2)c(Br)c1. The van der Waals surface area contributed by atoms with Crippen molar-refractivity contribution in [2.45, 2.75) is 6.61 Å². The fraction of sp³-hybridized carbons (Fsp3) is 0.0526. The topological polar surface area (TPSA) is 89.7 Å². The number of hydrogen-bond donors (Lipinski definition) is 1. The van der Waals surface area contributed by atoms with Crippen molar-refractivity contribution in [1.82, 2.24) is 4.98 Å². The molecule has 29 heavy (non-hydrogen) atoms. The summed E-state index contributed by atoms with van der Waals surface area (Å²) in [6, 6.07) is 12.5. The largest absolute Gasteiger partial charge is 0.487 e. The lowest BCUT2D eigenvalue weighted by molar-refractivity contribution is -0.384. The molecule has 0 saturated heterocycles. The highest BCUT2D eigenvalue weighted by atomic mass is 79.9. The van der Waals surface area contributed by atoms with Crippen LogP contribution in [-0.2, 0) is 6.61 Å². The maximum Gasteiger partial charge on any atom is 0.313 e. The average Bonchev–Trinajstić information content (AvgIpc) is 2.67. The fourth-order valence-corrected chi connectivity index (χ4v) is 3.82. The molecule has 7 nitrogen and oxygen atoms in total. The van der Waals surface area contributed by atoms with E-state index in [9.17, 15) is 14.5 Å². The molecule has 0 spiro atoms. The van der Waals surface area contributed by atoms with Gasteiger partial charge in [-0.05, 0) is 73.3 Å². The second-order valence-corrected chi connectivity index (χ2v) is 7.44. The van der Waals surface area contributed by atoms with E-state index in [0.717, 1.165) is 0 Å². The van der Waals surface area contributed by atoms with E-state index in [1.807, 2.05) is 0 Å². The second-order valence-electron chi connectivity index (χ2n) is 5.73. The second kappa shape index (κ2) is 9.57. The summed E-state index contributed by atoms with van der Waals surface area (Å²) in [7, 11) is 0. The lowest BCUT2D eigenvalue weighted by Crippen LogP contribution is -2.00. The Kier molecular flexibility index (Phi) is 6.89. The number of pyridine rings is 1. The van der Waals surface area contributed by atoms with Gasteiger partial charge < -0.3 is 4.74 Å². The standard InChI is InChI=1S/C19H13Br2FN4O3/c20-15-8-13(10-24-25-19-17(26(27)28)5-2-6-23-19)9-16(21)18(15)29-11-12-3-1-4-14(22)7-12/h1-10H,11H2,(H,23,25)/b24-10-. The van der Waals surface area contributed by atoms with Crippen molar-refractivity contribution >= 4 is 49.6 Å². The van der Waals surface area contributed by atoms with E-state index in [2.05, 4.69) is 47.4 Å². The van der Waals surface area contributed by atoms with Crippen LogP contribution in [0.25, 0.3) is 0 Å². The number of halogens is 3. The van der Waals surface area contributed by atoms with Gasteiger partial charge in [-0.2, -0.15) is 5.10 Å². The van der Waals surface area contributed by atoms with Crippen LogP contribution < -0.4 is 10.2 Å². The molecule has 0 unspecified atom stereocenters. The zero-order valence-electron chi connectivity index (χ0n) is 14.7. The minimum Gasteiger partial charge on any atom is -0.487 e. The van der Waals surface area contributed by atoms with Crippen LogP contribution in [0.4, 0.5) is 15.9 Å². The summed E-state index contributed by atoms with van der Waals surface area (Å²) in [5, 5.41) is 15.0. The molecule has 3 rings (SSSR count). The van der Waals surface area contributed by atoms with E-state index in [1.54, 1.807) is 24.3 Å². The minimum absolute atomic E-state index is 0.0435. The monoisotopic (exact) mass is 522 g/mol. The van der Waals surface area contributed by atoms with Gasteiger partial charge in [-0.25, -0.2) is 9.37 Å². The molecule has 0 aliphatic heterocycles. The predicted molar refractivity (Wildman–Crippen MR) is 115 cm³/mol. The van der Waals surface area contributed by atoms with Crippen LogP contribution in [0.3, 0.4) is 0 Å². The number of hydrazone groups is 1. The number of hydrogen-bond acceptors (Lipinski definition) is 6. The molecule has 0 saturated carbocycles. The fourth-order valence-electron chi connectivity index (χ4n) is 2.37. The Balaban J connectivity index is 1.70. The Morgan fingerprint density at radius 3 is 2.66 bits per heavy atom. The maximum absolute atomic E-state index is 13.3. The molecule has 148 valence electrons. The van der Waals surface area contributed by atoms with Crippen LogP contribution >= 0.6 is 31.9 Å². The van der Waals surface area contributed by atoms with Crippen molar-refractivity contribution < 1.29 is 14.1 Å². The zero-order valence-corrected chi connectivity index (χ0v) is 17.9. The molecular weight excluding hydrogens is 511 g/mol. The molecule has 1 N–H and O–H groups in total. The van der Waals surface area contributed by atoms with Crippen LogP contribution in [0.15, 0.2) is 68.8 Å². The third kappa shape index (κ3) is 5.58. The van der Waals surface area contributed by atoms with Crippen LogP contribution in [-0.4, -0.2) is 16.1 Å². The van der Waals surface area contributed by atoms with Gasteiger partial charge in [0.15, 0.2) is 0 Å². The third-order valence-electron chi connectivity index (χ3n) is 3.66. The smallest absolute Gasteiger partial charge is 0.313 e. The van der Waals surface area contributed by atoms with E-state index in [0.29, 0.717) is 25.8 Å². The van der Waals surface area contributed by atoms with Crippen molar-refractivity contribution in [3.63, 3.8) is 0 Å². The third-order valence-corrected chi connectivity index (χ3v) is 4.84. The van der Waals surface area contributed by atoms with Gasteiger partial charge in [0.25, 0.3) is 0 Å². The van der Waals surface area contributed by atoms with Gasteiger partial charge in [-0.3, -0.25) is 15.5 Å². The molecule has 0 aliphatic carbocycles. The molecule has 0 atom stereocenters. The molecule has 0 aliphatic rings. The van der Waals surface area contributed by atoms with Gasteiger partial charge in [0, 0.05) is 12.3 Å². The van der Waals surface area contributed by atoms with E-state index < -0.39 is 4.92 Å². The summed E-state index contributed by atoms with van der Waals surface area (Å²) in [6.45, 7) is 0.202. The number of nitrogens with zero attached hydrogens (tertiary/aromatic N) is 3. The van der Waals surface area contributed by atoms with Gasteiger partial charge in [0.1, 0.15) is 18.2 Å². The highest BCUT2D eigenvalue weighted by Crippen LogP contribution is 2.35. The van der Waals surface area contributed by atoms with Crippen molar-refractivity contribution in [3.05, 3.63) is 90.7 Å². The maximum atomic E-state index is 13.3. The summed E-state index contributed by atoms with van der Waals surface area (Å²) in [5.74, 6) is 0.276. The highest BCUT2D eigenvalue weighted by molar-refractivity contribution is 9.11. The van der Waals surface area contributed by atoms with E-state index in [-0.39, 0.29) is 23.9 Å². The summed E-state index contributed by atoms with van der Waals surface area (Å²) in [6.07, 6.45) is 2.92. The van der Waals surface area contributed by atoms with E-state index >= 15 is 0 Å². The van der Waals surface area contributed by atoms with Crippen molar-refractivity contribution in [3.8, 4) is 5.75 Å². The molecule has 1 heterocycles. The van der Waals surface area contributed by atoms with Crippen LogP contribution in [0.5, 0.6) is 5.75 Å². The van der Waals surface area contributed by atoms with Crippen molar-refractivity contribution in [2.75, 3.05) is 5.43 Å². The molecule has 10 heteroatoms. The highest BCUT2D eigenvalue weighted by Gasteiger charge is 2.13. The minimum atomic E-state index is -0.539. The summed E-state index contributed by atoms with van der Waals surface area (Å²) >= 11 is 6.88. The van der Waals surface area contributed by atoms with Gasteiger partial charge >= 0.3 is 5.69 Å². The molecule has 0 fully saturated rings. The van der Waals surface area contributed by atoms with E-state index in [1.165, 1.54) is 36.7 Å². The number of nitrogens with one attached hydrogen (secondary N) is 1. The number of aromatic nitrogens is 1. The van der Waals surface area contributed by atoms with Crippen molar-refractivity contribution in [1.29, 1.82) is 0 Å². The first-order valence-electron chi connectivity index (χ1n) is 8.19. The quantitative estimate of drug-likeness (QED) is 0.244. The lowest BCUT2D eigenvalue weighted by atomic mass is 10.2. The van der Waals surface area contributed by atoms with Crippen LogP contribution in [0, 0.1) is 15.9 Å². The zero-order chi connectivity index (χ0) is 20.8. The Hall–Kier alpha value is -2.85. The van der Waals surface area contributed by atoms with Gasteiger partial charge in [0.05, 0.1) is 20.1 Å². The molecule has 0 radical (unpaired) electrons. The Bertz CT molecular complexity index is 1060. The molecule has 0 bridgehead atoms. The van der Waals surface area contributed by atoms with Crippen LogP contribution in [0.2, 0.25) is 0 Å². The van der Waals surface area contributed by atoms with Crippen LogP contribution in [0.1, 0.15) is 11.1 Å². The number of benzene rings is 2. The molecule has 3 aromatic rings. The Morgan fingerprint density at radius 2 is 1.97 bits per heavy atom. The summed E-state index contributed by atoms with van der Waals surface area (Å²) < 4.78 is 20.4. The molecular formula is C19H13Br2FN4O3. The molecule has 0 amide bonds. The first kappa shape index (κ1) is 20.9. The predicted octanol–water partition coefficient (Wildman–Crippen LogP) is 5.68. The normalized spacial score (nSPS) is 10.9. The van der Waals surface area contributed by atoms with Gasteiger partial charge in [-0.1, -0.05) is 12.1 Å². The van der Waals surface area contributed by atoms with E-state index in [4.69, 9.17) is 4.74 Å². The molecule has 1 aromatic heterocycles. The number of anilines is 1. The van der Waals surface area contributed by atoms with Gasteiger partial charge in [-0.15, -0.1) is 0 Å². The lowest BCUT2D eigenvalue weighted by Gasteiger charge is -2.11.